The van der Waals surface area contributed by atoms with Crippen LogP contribution in [0.3, 0.4) is 0 Å². The van der Waals surface area contributed by atoms with Crippen molar-refractivity contribution in [2.45, 2.75) is 37.8 Å². The Kier molecular flexibility index (Phi) is 11.0. The van der Waals surface area contributed by atoms with Gasteiger partial charge in [0.1, 0.15) is 24.1 Å². The maximum absolute atomic E-state index is 14.0. The standard InChI is InChI=1S/C29H34BrN3O6S/c1-5-17-31-29(35)21(2)32(19-22-11-13-23(30)14-12-22)28(34)20-33(40(36,37)25-9-7-6-8-10-25)26-18-24(38-3)15-16-27(26)39-4/h6-16,18,21H,5,17,19-20H2,1-4H3,(H,31,35). The van der Waals surface area contributed by atoms with Crippen LogP contribution >= 0.6 is 15.9 Å². The number of ether oxygens (including phenoxy) is 2. The number of hydrogen-bond acceptors (Lipinski definition) is 6. The number of hydrogen-bond donors (Lipinski definition) is 1. The molecule has 1 atom stereocenters. The van der Waals surface area contributed by atoms with Gasteiger partial charge in [0.15, 0.2) is 0 Å². The summed E-state index contributed by atoms with van der Waals surface area (Å²) in [6, 6.07) is 19.0. The zero-order valence-corrected chi connectivity index (χ0v) is 25.4. The normalized spacial score (nSPS) is 11.8. The van der Waals surface area contributed by atoms with Crippen LogP contribution in [0.2, 0.25) is 0 Å². The molecule has 0 aliphatic carbocycles. The predicted octanol–water partition coefficient (Wildman–Crippen LogP) is 4.61. The van der Waals surface area contributed by atoms with E-state index in [0.717, 1.165) is 20.8 Å². The largest absolute Gasteiger partial charge is 0.497 e. The Bertz CT molecular complexity index is 1400. The third kappa shape index (κ3) is 7.54. The van der Waals surface area contributed by atoms with E-state index in [0.29, 0.717) is 12.3 Å². The molecule has 1 unspecified atom stereocenters. The number of anilines is 1. The highest BCUT2D eigenvalue weighted by atomic mass is 79.9. The maximum atomic E-state index is 14.0. The third-order valence-electron chi connectivity index (χ3n) is 6.25. The molecule has 9 nitrogen and oxygen atoms in total. The molecule has 0 aliphatic rings. The first-order valence-electron chi connectivity index (χ1n) is 12.7. The SMILES string of the molecule is CCCNC(=O)C(C)N(Cc1ccc(Br)cc1)C(=O)CN(c1cc(OC)ccc1OC)S(=O)(=O)c1ccccc1. The lowest BCUT2D eigenvalue weighted by atomic mass is 10.1. The van der Waals surface area contributed by atoms with Gasteiger partial charge in [0.05, 0.1) is 24.8 Å². The summed E-state index contributed by atoms with van der Waals surface area (Å²) in [6.07, 6.45) is 0.734. The summed E-state index contributed by atoms with van der Waals surface area (Å²) in [6.45, 7) is 3.54. The molecule has 3 rings (SSSR count). The molecule has 2 amide bonds. The molecule has 40 heavy (non-hydrogen) atoms. The molecular formula is C29H34BrN3O6S. The molecule has 0 radical (unpaired) electrons. The van der Waals surface area contributed by atoms with Crippen molar-refractivity contribution in [3.8, 4) is 11.5 Å². The summed E-state index contributed by atoms with van der Waals surface area (Å²) < 4.78 is 40.6. The van der Waals surface area contributed by atoms with Gasteiger partial charge in [0, 0.05) is 23.6 Å². The van der Waals surface area contributed by atoms with Gasteiger partial charge in [-0.15, -0.1) is 0 Å². The van der Waals surface area contributed by atoms with Gasteiger partial charge < -0.3 is 19.7 Å². The van der Waals surface area contributed by atoms with Crippen LogP contribution in [0.1, 0.15) is 25.8 Å². The minimum absolute atomic E-state index is 0.000805. The molecule has 0 aliphatic heterocycles. The number of nitrogens with one attached hydrogen (secondary N) is 1. The van der Waals surface area contributed by atoms with Crippen molar-refractivity contribution in [2.24, 2.45) is 0 Å². The molecule has 0 aromatic heterocycles. The summed E-state index contributed by atoms with van der Waals surface area (Å²) >= 11 is 3.41. The zero-order valence-electron chi connectivity index (χ0n) is 23.0. The van der Waals surface area contributed by atoms with Gasteiger partial charge in [-0.25, -0.2) is 8.42 Å². The lowest BCUT2D eigenvalue weighted by molar-refractivity contribution is -0.139. The Morgan fingerprint density at radius 3 is 2.25 bits per heavy atom. The van der Waals surface area contributed by atoms with Gasteiger partial charge in [-0.05, 0) is 55.3 Å². The van der Waals surface area contributed by atoms with Crippen LogP contribution in [-0.2, 0) is 26.2 Å². The smallest absolute Gasteiger partial charge is 0.264 e. The lowest BCUT2D eigenvalue weighted by Gasteiger charge is -2.32. The van der Waals surface area contributed by atoms with E-state index >= 15 is 0 Å². The summed E-state index contributed by atoms with van der Waals surface area (Å²) in [5.41, 5.74) is 0.911. The van der Waals surface area contributed by atoms with Crippen LogP contribution in [0.15, 0.2) is 82.2 Å². The van der Waals surface area contributed by atoms with E-state index in [1.807, 2.05) is 31.2 Å². The average Bonchev–Trinajstić information content (AvgIpc) is 2.97. The summed E-state index contributed by atoms with van der Waals surface area (Å²) in [5.74, 6) is -0.271. The Hall–Kier alpha value is -3.57. The first kappa shape index (κ1) is 31.0. The number of amides is 2. The summed E-state index contributed by atoms with van der Waals surface area (Å²) in [4.78, 5) is 28.4. The highest BCUT2D eigenvalue weighted by Crippen LogP contribution is 2.36. The predicted molar refractivity (Wildman–Crippen MR) is 158 cm³/mol. The number of nitrogens with zero attached hydrogens (tertiary/aromatic N) is 2. The van der Waals surface area contributed by atoms with Gasteiger partial charge in [0.25, 0.3) is 10.0 Å². The van der Waals surface area contributed by atoms with Gasteiger partial charge in [-0.2, -0.15) is 0 Å². The number of carbonyl (C=O) groups is 2. The minimum atomic E-state index is -4.24. The van der Waals surface area contributed by atoms with Gasteiger partial charge in [-0.1, -0.05) is 53.2 Å². The topological polar surface area (TPSA) is 105 Å². The second-order valence-corrected chi connectivity index (χ2v) is 11.8. The van der Waals surface area contributed by atoms with Gasteiger partial charge in [0.2, 0.25) is 11.8 Å². The molecule has 11 heteroatoms. The number of benzene rings is 3. The fraction of sp³-hybridized carbons (Fsp3) is 0.310. The molecular weight excluding hydrogens is 598 g/mol. The molecule has 0 heterocycles. The van der Waals surface area contributed by atoms with E-state index < -0.39 is 28.5 Å². The Morgan fingerprint density at radius 2 is 1.65 bits per heavy atom. The molecule has 0 saturated heterocycles. The molecule has 214 valence electrons. The van der Waals surface area contributed by atoms with Crippen molar-refractivity contribution in [3.63, 3.8) is 0 Å². The molecule has 0 spiro atoms. The number of halogens is 1. The molecule has 0 bridgehead atoms. The van der Waals surface area contributed by atoms with Crippen molar-refractivity contribution in [1.82, 2.24) is 10.2 Å². The van der Waals surface area contributed by atoms with Crippen LogP contribution in [0.25, 0.3) is 0 Å². The fourth-order valence-corrected chi connectivity index (χ4v) is 5.69. The highest BCUT2D eigenvalue weighted by molar-refractivity contribution is 9.10. The molecule has 0 fully saturated rings. The third-order valence-corrected chi connectivity index (χ3v) is 8.55. The van der Waals surface area contributed by atoms with Gasteiger partial charge >= 0.3 is 0 Å². The Morgan fingerprint density at radius 1 is 0.975 bits per heavy atom. The maximum Gasteiger partial charge on any atom is 0.264 e. The van der Waals surface area contributed by atoms with Crippen LogP contribution in [0, 0.1) is 0 Å². The lowest BCUT2D eigenvalue weighted by Crippen LogP contribution is -2.51. The summed E-state index contributed by atoms with van der Waals surface area (Å²) in [5, 5.41) is 2.83. The molecule has 1 N–H and O–H groups in total. The molecule has 0 saturated carbocycles. The van der Waals surface area contributed by atoms with E-state index in [9.17, 15) is 18.0 Å². The quantitative estimate of drug-likeness (QED) is 0.295. The van der Waals surface area contributed by atoms with E-state index in [4.69, 9.17) is 9.47 Å². The van der Waals surface area contributed by atoms with Crippen molar-refractivity contribution in [3.05, 3.63) is 82.8 Å². The van der Waals surface area contributed by atoms with Crippen molar-refractivity contribution in [1.29, 1.82) is 0 Å². The fourth-order valence-electron chi connectivity index (χ4n) is 3.99. The highest BCUT2D eigenvalue weighted by Gasteiger charge is 2.34. The number of sulfonamides is 1. The summed E-state index contributed by atoms with van der Waals surface area (Å²) in [7, 11) is -1.36. The van der Waals surface area contributed by atoms with E-state index in [1.165, 1.54) is 37.3 Å². The van der Waals surface area contributed by atoms with E-state index in [1.54, 1.807) is 37.3 Å². The number of rotatable bonds is 13. The Balaban J connectivity index is 2.09. The minimum Gasteiger partial charge on any atom is -0.497 e. The number of methoxy groups -OCH3 is 2. The van der Waals surface area contributed by atoms with Crippen molar-refractivity contribution >= 4 is 43.5 Å². The monoisotopic (exact) mass is 631 g/mol. The van der Waals surface area contributed by atoms with Crippen LogP contribution in [0.4, 0.5) is 5.69 Å². The molecule has 3 aromatic rings. The van der Waals surface area contributed by atoms with E-state index in [2.05, 4.69) is 21.2 Å². The van der Waals surface area contributed by atoms with Crippen LogP contribution < -0.4 is 19.1 Å². The van der Waals surface area contributed by atoms with Crippen LogP contribution in [0.5, 0.6) is 11.5 Å². The number of carbonyl (C=O) groups excluding carboxylic acids is 2. The zero-order chi connectivity index (χ0) is 29.3. The Labute approximate surface area is 244 Å². The second-order valence-electron chi connectivity index (χ2n) is 8.98. The second kappa shape index (κ2) is 14.2. The van der Waals surface area contributed by atoms with Crippen molar-refractivity contribution < 1.29 is 27.5 Å². The molecule has 3 aromatic carbocycles. The first-order chi connectivity index (χ1) is 19.1. The van der Waals surface area contributed by atoms with Gasteiger partial charge in [-0.3, -0.25) is 13.9 Å². The van der Waals surface area contributed by atoms with Crippen LogP contribution in [-0.4, -0.2) is 58.5 Å². The average molecular weight is 633 g/mol. The van der Waals surface area contributed by atoms with Crippen molar-refractivity contribution in [2.75, 3.05) is 31.6 Å². The van der Waals surface area contributed by atoms with E-state index in [-0.39, 0.29) is 28.8 Å². The first-order valence-corrected chi connectivity index (χ1v) is 15.0.